The second kappa shape index (κ2) is 8.11. The van der Waals surface area contributed by atoms with Gasteiger partial charge in [0.05, 0.1) is 23.9 Å². The molecule has 0 radical (unpaired) electrons. The summed E-state index contributed by atoms with van der Waals surface area (Å²) in [4.78, 5) is 5.18. The van der Waals surface area contributed by atoms with Crippen molar-refractivity contribution in [2.24, 2.45) is 28.2 Å². The molecule has 31 heavy (non-hydrogen) atoms. The molecule has 5 aliphatic rings. The van der Waals surface area contributed by atoms with Crippen LogP contribution < -0.4 is 0 Å². The lowest BCUT2D eigenvalue weighted by molar-refractivity contribution is -0.0398. The number of rotatable bonds is 1. The van der Waals surface area contributed by atoms with Crippen LogP contribution in [0.4, 0.5) is 0 Å². The van der Waals surface area contributed by atoms with Crippen LogP contribution in [0.2, 0.25) is 0 Å². The molecule has 1 aliphatic carbocycles. The lowest BCUT2D eigenvalue weighted by Crippen LogP contribution is -2.49. The van der Waals surface area contributed by atoms with E-state index in [4.69, 9.17) is 14.5 Å². The van der Waals surface area contributed by atoms with Crippen LogP contribution in [0, 0.1) is 23.2 Å². The van der Waals surface area contributed by atoms with Crippen LogP contribution in [0.3, 0.4) is 0 Å². The Balaban J connectivity index is 1.51. The van der Waals surface area contributed by atoms with Gasteiger partial charge in [-0.1, -0.05) is 38.2 Å². The number of ether oxygens (including phenoxy) is 2. The summed E-state index contributed by atoms with van der Waals surface area (Å²) in [6, 6.07) is 0. The van der Waals surface area contributed by atoms with Gasteiger partial charge in [0.2, 0.25) is 0 Å². The minimum Gasteiger partial charge on any atom is -0.390 e. The molecule has 172 valence electrons. The molecule has 1 spiro atoms. The number of hydrogen-bond acceptors (Lipinski definition) is 4. The van der Waals surface area contributed by atoms with Gasteiger partial charge >= 0.3 is 0 Å². The zero-order chi connectivity index (χ0) is 21.8. The summed E-state index contributed by atoms with van der Waals surface area (Å²) >= 11 is 0. The number of aliphatic hydroxyl groups is 1. The zero-order valence-electron chi connectivity index (χ0n) is 19.7. The third-order valence-corrected chi connectivity index (χ3v) is 9.40. The van der Waals surface area contributed by atoms with E-state index >= 15 is 0 Å². The molecule has 0 aromatic rings. The van der Waals surface area contributed by atoms with Crippen molar-refractivity contribution >= 4 is 5.71 Å². The summed E-state index contributed by atoms with van der Waals surface area (Å²) in [7, 11) is 0. The Kier molecular flexibility index (Phi) is 5.72. The Morgan fingerprint density at radius 2 is 2.03 bits per heavy atom. The van der Waals surface area contributed by atoms with Gasteiger partial charge in [-0.3, -0.25) is 4.99 Å². The fourth-order valence-electron chi connectivity index (χ4n) is 7.39. The van der Waals surface area contributed by atoms with E-state index in [2.05, 4.69) is 33.4 Å². The van der Waals surface area contributed by atoms with Crippen molar-refractivity contribution in [2.75, 3.05) is 6.54 Å². The van der Waals surface area contributed by atoms with Crippen LogP contribution in [0.5, 0.6) is 0 Å². The third-order valence-electron chi connectivity index (χ3n) is 9.40. The monoisotopic (exact) mass is 427 g/mol. The van der Waals surface area contributed by atoms with E-state index in [9.17, 15) is 5.11 Å². The molecule has 4 aliphatic heterocycles. The highest BCUT2D eigenvalue weighted by molar-refractivity contribution is 5.92. The number of nitrogens with zero attached hydrogens (tertiary/aromatic N) is 1. The van der Waals surface area contributed by atoms with Gasteiger partial charge in [-0.05, 0) is 76.0 Å². The topological polar surface area (TPSA) is 54.3 Å². The standard InChI is InChI=1S/C27H41NO3/c1-5-19-8-12-27-18(3)10-13-28-23(27)7-6-21-9-11-26(4,31-21)16-22-25(30-22)24(29)17(2)14-20(27)15-19/h5,15,17-18,20-22,24-25,29H,1,6-14,16H2,2-4H3/t17-,18+,20+,21-,22-,24+,25+,26-,27-/m1/s1. The first-order valence-electron chi connectivity index (χ1n) is 12.7. The van der Waals surface area contributed by atoms with E-state index in [0.717, 1.165) is 57.9 Å². The van der Waals surface area contributed by atoms with E-state index in [-0.39, 0.29) is 29.1 Å². The molecule has 3 fully saturated rings. The summed E-state index contributed by atoms with van der Waals surface area (Å²) in [5, 5.41) is 11.2. The van der Waals surface area contributed by atoms with Gasteiger partial charge in [0, 0.05) is 24.1 Å². The lowest BCUT2D eigenvalue weighted by atomic mass is 9.54. The molecule has 4 heteroatoms. The van der Waals surface area contributed by atoms with Gasteiger partial charge in [-0.25, -0.2) is 0 Å². The SMILES string of the molecule is C=CC1=C[C@@H]2C[C@@H](C)[C@H](O)[C@H]3O[C@@H]3C[C@@]3(C)CC[C@@H](CCC4=NCC[C@H](C)[C@@]42CC1)O3. The van der Waals surface area contributed by atoms with Crippen LogP contribution >= 0.6 is 0 Å². The first-order valence-corrected chi connectivity index (χ1v) is 12.7. The van der Waals surface area contributed by atoms with Gasteiger partial charge in [-0.2, -0.15) is 0 Å². The van der Waals surface area contributed by atoms with Crippen molar-refractivity contribution in [3.05, 3.63) is 24.3 Å². The second-order valence-electron chi connectivity index (χ2n) is 11.4. The molecule has 0 saturated carbocycles. The molecule has 0 unspecified atom stereocenters. The fourth-order valence-corrected chi connectivity index (χ4v) is 7.39. The molecule has 5 rings (SSSR count). The Bertz CT molecular complexity index is 774. The van der Waals surface area contributed by atoms with Crippen molar-refractivity contribution in [1.29, 1.82) is 0 Å². The Morgan fingerprint density at radius 1 is 1.19 bits per heavy atom. The normalized spacial score (nSPS) is 50.1. The molecule has 9 atom stereocenters. The van der Waals surface area contributed by atoms with Crippen LogP contribution in [-0.2, 0) is 9.47 Å². The molecule has 2 bridgehead atoms. The summed E-state index contributed by atoms with van der Waals surface area (Å²) in [6.45, 7) is 11.9. The zero-order valence-corrected chi connectivity index (χ0v) is 19.7. The molecular weight excluding hydrogens is 386 g/mol. The van der Waals surface area contributed by atoms with Crippen molar-refractivity contribution in [3.63, 3.8) is 0 Å². The number of allylic oxidation sites excluding steroid dienone is 3. The Hall–Kier alpha value is -0.970. The van der Waals surface area contributed by atoms with Crippen LogP contribution in [-0.4, -0.2) is 47.4 Å². The number of fused-ring (bicyclic) bond motifs is 3. The summed E-state index contributed by atoms with van der Waals surface area (Å²) in [5.41, 5.74) is 2.82. The predicted octanol–water partition coefficient (Wildman–Crippen LogP) is 5.25. The van der Waals surface area contributed by atoms with Crippen molar-refractivity contribution < 1.29 is 14.6 Å². The first kappa shape index (κ1) is 21.9. The van der Waals surface area contributed by atoms with Crippen molar-refractivity contribution in [1.82, 2.24) is 0 Å². The van der Waals surface area contributed by atoms with Crippen LogP contribution in [0.25, 0.3) is 0 Å². The predicted molar refractivity (Wildman–Crippen MR) is 124 cm³/mol. The lowest BCUT2D eigenvalue weighted by Gasteiger charge is -2.51. The van der Waals surface area contributed by atoms with Crippen LogP contribution in [0.1, 0.15) is 78.6 Å². The van der Waals surface area contributed by atoms with Crippen molar-refractivity contribution in [2.45, 2.75) is 109 Å². The molecule has 4 nitrogen and oxygen atoms in total. The van der Waals surface area contributed by atoms with E-state index in [1.807, 2.05) is 6.08 Å². The second-order valence-corrected chi connectivity index (χ2v) is 11.4. The molecule has 0 aromatic carbocycles. The van der Waals surface area contributed by atoms with Gasteiger partial charge < -0.3 is 14.6 Å². The molecule has 0 amide bonds. The average molecular weight is 428 g/mol. The number of aliphatic hydroxyl groups excluding tert-OH is 1. The number of hydrogen-bond donors (Lipinski definition) is 1. The molecule has 0 aromatic heterocycles. The number of aliphatic imine (C=N–C) groups is 1. The summed E-state index contributed by atoms with van der Waals surface area (Å²) in [6.07, 6.45) is 14.2. The van der Waals surface area contributed by atoms with E-state index in [1.165, 1.54) is 17.7 Å². The Morgan fingerprint density at radius 3 is 2.84 bits per heavy atom. The van der Waals surface area contributed by atoms with E-state index in [1.54, 1.807) is 0 Å². The maximum atomic E-state index is 11.2. The fraction of sp³-hybridized carbons (Fsp3) is 0.815. The van der Waals surface area contributed by atoms with Gasteiger partial charge in [0.15, 0.2) is 0 Å². The van der Waals surface area contributed by atoms with Crippen molar-refractivity contribution in [3.8, 4) is 0 Å². The maximum absolute atomic E-state index is 11.2. The highest BCUT2D eigenvalue weighted by Gasteiger charge is 2.54. The highest BCUT2D eigenvalue weighted by Crippen LogP contribution is 2.54. The minimum absolute atomic E-state index is 0.0308. The van der Waals surface area contributed by atoms with E-state index < -0.39 is 6.10 Å². The van der Waals surface area contributed by atoms with Gasteiger partial charge in [0.25, 0.3) is 0 Å². The van der Waals surface area contributed by atoms with E-state index in [0.29, 0.717) is 17.9 Å². The molecular formula is C27H41NO3. The smallest absolute Gasteiger partial charge is 0.110 e. The average Bonchev–Trinajstić information content (AvgIpc) is 3.40. The molecule has 3 saturated heterocycles. The Labute approximate surface area is 188 Å². The first-order chi connectivity index (χ1) is 14.8. The summed E-state index contributed by atoms with van der Waals surface area (Å²) in [5.74, 6) is 1.22. The molecule has 1 N–H and O–H groups in total. The maximum Gasteiger partial charge on any atom is 0.110 e. The quantitative estimate of drug-likeness (QED) is 0.581. The largest absolute Gasteiger partial charge is 0.390 e. The van der Waals surface area contributed by atoms with Gasteiger partial charge in [0.1, 0.15) is 6.10 Å². The molecule has 4 heterocycles. The summed E-state index contributed by atoms with van der Waals surface area (Å²) < 4.78 is 12.6. The van der Waals surface area contributed by atoms with Gasteiger partial charge in [-0.15, -0.1) is 0 Å². The minimum atomic E-state index is -0.410. The number of epoxide rings is 1. The van der Waals surface area contributed by atoms with Crippen LogP contribution in [0.15, 0.2) is 29.3 Å². The third kappa shape index (κ3) is 3.87. The highest BCUT2D eigenvalue weighted by atomic mass is 16.6.